The molecule has 0 aliphatic rings. The normalized spacial score (nSPS) is 14.4. The van der Waals surface area contributed by atoms with Crippen molar-refractivity contribution in [1.82, 2.24) is 0 Å². The van der Waals surface area contributed by atoms with E-state index in [1.807, 2.05) is 0 Å². The molecule has 0 bridgehead atoms. The van der Waals surface area contributed by atoms with Crippen LogP contribution in [0.15, 0.2) is 12.2 Å². The summed E-state index contributed by atoms with van der Waals surface area (Å²) in [5.74, 6) is -0.389. The van der Waals surface area contributed by atoms with Crippen LogP contribution < -0.4 is 0 Å². The van der Waals surface area contributed by atoms with Crippen molar-refractivity contribution >= 4 is 13.8 Å². The Morgan fingerprint density at radius 1 is 0.625 bits per heavy atom. The molecule has 0 aliphatic carbocycles. The molecule has 0 amide bonds. The molecule has 0 fully saturated rings. The van der Waals surface area contributed by atoms with E-state index in [0.717, 1.165) is 51.4 Å². The lowest BCUT2D eigenvalue weighted by Crippen LogP contribution is -2.29. The minimum Gasteiger partial charge on any atom is -0.457 e. The van der Waals surface area contributed by atoms with E-state index in [1.54, 1.807) is 0 Å². The van der Waals surface area contributed by atoms with Gasteiger partial charge in [-0.05, 0) is 38.5 Å². The van der Waals surface area contributed by atoms with Crippen molar-refractivity contribution in [3.63, 3.8) is 0 Å². The molecule has 0 spiro atoms. The fourth-order valence-corrected chi connectivity index (χ4v) is 6.20. The lowest BCUT2D eigenvalue weighted by atomic mass is 10.0. The Bertz CT molecular complexity index is 764. The smallest absolute Gasteiger partial charge is 0.457 e. The Balaban J connectivity index is 4.22. The SMILES string of the molecule is CCCCCCC/C=C\CCCCCCCC(=O)OC(COCCCCCCCCCCCCCCC)COP(=O)(O)OCC(O)CO. The summed E-state index contributed by atoms with van der Waals surface area (Å²) >= 11 is 0. The van der Waals surface area contributed by atoms with Crippen molar-refractivity contribution < 1.29 is 43.0 Å². The fourth-order valence-electron chi connectivity index (χ4n) is 5.41. The molecule has 0 saturated heterocycles. The molecule has 3 N–H and O–H groups in total. The number of carbonyl (C=O) groups excluding carboxylic acids is 1. The highest BCUT2D eigenvalue weighted by atomic mass is 31.2. The second-order valence-electron chi connectivity index (χ2n) is 13.3. The van der Waals surface area contributed by atoms with Crippen LogP contribution in [0, 0.1) is 0 Å². The van der Waals surface area contributed by atoms with Crippen molar-refractivity contribution in [1.29, 1.82) is 0 Å². The van der Waals surface area contributed by atoms with Gasteiger partial charge in [0.1, 0.15) is 12.2 Å². The molecule has 0 aromatic heterocycles. The summed E-state index contributed by atoms with van der Waals surface area (Å²) < 4.78 is 33.2. The molecule has 0 aromatic rings. The van der Waals surface area contributed by atoms with Crippen LogP contribution in [0.5, 0.6) is 0 Å². The van der Waals surface area contributed by atoms with E-state index in [4.69, 9.17) is 23.6 Å². The first-order valence-corrected chi connectivity index (χ1v) is 21.2. The summed E-state index contributed by atoms with van der Waals surface area (Å²) in [5.41, 5.74) is 0. The maximum Gasteiger partial charge on any atom is 0.472 e. The second-order valence-corrected chi connectivity index (χ2v) is 14.8. The molecule has 3 atom stereocenters. The highest BCUT2D eigenvalue weighted by Crippen LogP contribution is 2.43. The molecule has 286 valence electrons. The molecule has 0 heterocycles. The van der Waals surface area contributed by atoms with Gasteiger partial charge >= 0.3 is 13.8 Å². The van der Waals surface area contributed by atoms with Gasteiger partial charge in [0.05, 0.1) is 26.4 Å². The number of hydrogen-bond acceptors (Lipinski definition) is 8. The molecule has 3 unspecified atom stereocenters. The van der Waals surface area contributed by atoms with Gasteiger partial charge in [0.2, 0.25) is 0 Å². The van der Waals surface area contributed by atoms with E-state index < -0.39 is 33.2 Å². The topological polar surface area (TPSA) is 132 Å². The number of hydrogen-bond donors (Lipinski definition) is 3. The summed E-state index contributed by atoms with van der Waals surface area (Å²) in [6.45, 7) is 3.51. The number of aliphatic hydroxyl groups is 2. The Hall–Kier alpha value is -0.800. The Morgan fingerprint density at radius 3 is 1.56 bits per heavy atom. The minimum atomic E-state index is -4.51. The van der Waals surface area contributed by atoms with E-state index in [2.05, 4.69) is 26.0 Å². The molecule has 0 radical (unpaired) electrons. The summed E-state index contributed by atoms with van der Waals surface area (Å²) in [5, 5.41) is 18.3. The third kappa shape index (κ3) is 35.0. The first kappa shape index (κ1) is 47.2. The first-order valence-electron chi connectivity index (χ1n) is 19.7. The van der Waals surface area contributed by atoms with E-state index in [0.29, 0.717) is 6.61 Å². The largest absolute Gasteiger partial charge is 0.472 e. The van der Waals surface area contributed by atoms with Gasteiger partial charge < -0.3 is 24.6 Å². The average Bonchev–Trinajstić information content (AvgIpc) is 3.07. The molecular weight excluding hydrogens is 631 g/mol. The molecule has 9 nitrogen and oxygen atoms in total. The van der Waals surface area contributed by atoms with Crippen LogP contribution in [0.4, 0.5) is 0 Å². The van der Waals surface area contributed by atoms with Gasteiger partial charge in [-0.15, -0.1) is 0 Å². The zero-order valence-electron chi connectivity index (χ0n) is 31.0. The molecule has 0 aliphatic heterocycles. The van der Waals surface area contributed by atoms with Crippen molar-refractivity contribution in [2.45, 2.75) is 193 Å². The number of phosphoric acid groups is 1. The summed E-state index contributed by atoms with van der Waals surface area (Å²) in [4.78, 5) is 22.5. The second kappa shape index (κ2) is 36.0. The summed E-state index contributed by atoms with van der Waals surface area (Å²) in [6, 6.07) is 0. The minimum absolute atomic E-state index is 0.0511. The Labute approximate surface area is 294 Å². The van der Waals surface area contributed by atoms with Crippen molar-refractivity contribution in [2.24, 2.45) is 0 Å². The number of ether oxygens (including phenoxy) is 2. The molecular formula is C38H75O9P. The van der Waals surface area contributed by atoms with Crippen LogP contribution in [0.3, 0.4) is 0 Å². The number of aliphatic hydroxyl groups excluding tert-OH is 2. The number of phosphoric ester groups is 1. The fraction of sp³-hybridized carbons (Fsp3) is 0.921. The van der Waals surface area contributed by atoms with Crippen LogP contribution in [0.1, 0.15) is 181 Å². The maximum atomic E-state index is 12.5. The van der Waals surface area contributed by atoms with E-state index in [-0.39, 0.29) is 25.6 Å². The average molecular weight is 707 g/mol. The zero-order chi connectivity index (χ0) is 35.4. The number of allylic oxidation sites excluding steroid dienone is 2. The van der Waals surface area contributed by atoms with Gasteiger partial charge in [-0.1, -0.05) is 148 Å². The lowest BCUT2D eigenvalue weighted by molar-refractivity contribution is -0.154. The number of unbranched alkanes of at least 4 members (excludes halogenated alkanes) is 22. The van der Waals surface area contributed by atoms with E-state index in [1.165, 1.54) is 109 Å². The van der Waals surface area contributed by atoms with Crippen LogP contribution in [0.2, 0.25) is 0 Å². The number of rotatable bonds is 38. The molecule has 48 heavy (non-hydrogen) atoms. The van der Waals surface area contributed by atoms with Crippen LogP contribution in [-0.4, -0.2) is 66.3 Å². The number of esters is 1. The molecule has 0 aromatic carbocycles. The van der Waals surface area contributed by atoms with Gasteiger partial charge in [-0.25, -0.2) is 4.57 Å². The highest BCUT2D eigenvalue weighted by Gasteiger charge is 2.26. The van der Waals surface area contributed by atoms with Crippen LogP contribution in [-0.2, 0) is 27.9 Å². The quantitative estimate of drug-likeness (QED) is 0.0248. The predicted octanol–water partition coefficient (Wildman–Crippen LogP) is 10.1. The predicted molar refractivity (Wildman–Crippen MR) is 196 cm³/mol. The number of carbonyl (C=O) groups is 1. The van der Waals surface area contributed by atoms with E-state index >= 15 is 0 Å². The van der Waals surface area contributed by atoms with Gasteiger partial charge in [0.15, 0.2) is 0 Å². The van der Waals surface area contributed by atoms with Gasteiger partial charge in [0.25, 0.3) is 0 Å². The highest BCUT2D eigenvalue weighted by molar-refractivity contribution is 7.47. The maximum absolute atomic E-state index is 12.5. The van der Waals surface area contributed by atoms with Gasteiger partial charge in [-0.2, -0.15) is 0 Å². The summed E-state index contributed by atoms with van der Waals surface area (Å²) in [7, 11) is -4.51. The van der Waals surface area contributed by atoms with Crippen molar-refractivity contribution in [3.8, 4) is 0 Å². The first-order chi connectivity index (χ1) is 23.3. The third-order valence-electron chi connectivity index (χ3n) is 8.45. The monoisotopic (exact) mass is 707 g/mol. The zero-order valence-corrected chi connectivity index (χ0v) is 31.9. The summed E-state index contributed by atoms with van der Waals surface area (Å²) in [6.07, 6.45) is 33.0. The van der Waals surface area contributed by atoms with Crippen molar-refractivity contribution in [3.05, 3.63) is 12.2 Å². The van der Waals surface area contributed by atoms with E-state index in [9.17, 15) is 19.4 Å². The van der Waals surface area contributed by atoms with Crippen LogP contribution >= 0.6 is 7.82 Å². The molecule has 10 heteroatoms. The van der Waals surface area contributed by atoms with Crippen molar-refractivity contribution in [2.75, 3.05) is 33.0 Å². The van der Waals surface area contributed by atoms with Gasteiger partial charge in [0, 0.05) is 13.0 Å². The lowest BCUT2D eigenvalue weighted by Gasteiger charge is -2.20. The third-order valence-corrected chi connectivity index (χ3v) is 9.40. The standard InChI is InChI=1S/C38H75O9P/c1-3-5-7-9-11-13-15-17-18-20-22-24-26-28-30-38(41)47-37(35-46-48(42,43)45-33-36(40)32-39)34-44-31-29-27-25-23-21-19-16-14-12-10-8-6-4-2/h15,17,36-37,39-40H,3-14,16,18-35H2,1-2H3,(H,42,43)/b17-15-. The van der Waals surface area contributed by atoms with Gasteiger partial charge in [-0.3, -0.25) is 13.8 Å². The van der Waals surface area contributed by atoms with Crippen LogP contribution in [0.25, 0.3) is 0 Å². The molecule has 0 saturated carbocycles. The molecule has 0 rings (SSSR count). The Kier molecular flexibility index (Phi) is 35.4. The Morgan fingerprint density at radius 2 is 1.06 bits per heavy atom.